The molecule has 0 aliphatic carbocycles. The quantitative estimate of drug-likeness (QED) is 0.231. The van der Waals surface area contributed by atoms with E-state index in [9.17, 15) is 0 Å². The van der Waals surface area contributed by atoms with E-state index in [1.807, 2.05) is 30.3 Å². The van der Waals surface area contributed by atoms with Crippen molar-refractivity contribution < 1.29 is 8.83 Å². The molecule has 0 atom stereocenters. The number of furan rings is 2. The summed E-state index contributed by atoms with van der Waals surface area (Å²) in [7, 11) is 0. The van der Waals surface area contributed by atoms with Crippen LogP contribution in [-0.2, 0) is 0 Å². The number of hydrogen-bond donors (Lipinski definition) is 0. The number of para-hydroxylation sites is 4. The van der Waals surface area contributed by atoms with Gasteiger partial charge in [0.15, 0.2) is 0 Å². The molecule has 40 heavy (non-hydrogen) atoms. The molecule has 0 fully saturated rings. The van der Waals surface area contributed by atoms with Crippen LogP contribution in [0.4, 0.5) is 0 Å². The standard InChI is InChI=1S/C36H22N2O2/c1-21-37-30-10-4-5-11-31(30)38(21)25-17-16-22-18-24(15-14-23(22)19-25)28-20-29-26-8-2-6-12-32(26)39-36(29)34-27-9-3-7-13-33(27)40-35(28)34/h2-20H,1H3. The molecule has 0 bridgehead atoms. The molecule has 3 aromatic heterocycles. The molecular weight excluding hydrogens is 492 g/mol. The van der Waals surface area contributed by atoms with E-state index in [0.717, 1.165) is 77.5 Å². The first kappa shape index (κ1) is 21.6. The number of nitrogens with zero attached hydrogens (tertiary/aromatic N) is 2. The van der Waals surface area contributed by atoms with Crippen molar-refractivity contribution >= 4 is 65.7 Å². The number of rotatable bonds is 2. The SMILES string of the molecule is Cc1nc2ccccc2n1-c1ccc2cc(-c3cc4c5ccccc5oc4c4c3oc3ccccc34)ccc2c1. The maximum absolute atomic E-state index is 6.51. The van der Waals surface area contributed by atoms with Crippen molar-refractivity contribution in [3.63, 3.8) is 0 Å². The highest BCUT2D eigenvalue weighted by Crippen LogP contribution is 2.44. The molecule has 4 nitrogen and oxygen atoms in total. The van der Waals surface area contributed by atoms with Crippen LogP contribution in [0.3, 0.4) is 0 Å². The summed E-state index contributed by atoms with van der Waals surface area (Å²) in [6.45, 7) is 2.06. The predicted molar refractivity (Wildman–Crippen MR) is 163 cm³/mol. The zero-order valence-corrected chi connectivity index (χ0v) is 21.7. The monoisotopic (exact) mass is 514 g/mol. The summed E-state index contributed by atoms with van der Waals surface area (Å²) in [5.41, 5.74) is 8.87. The van der Waals surface area contributed by atoms with E-state index >= 15 is 0 Å². The molecule has 4 heteroatoms. The Kier molecular flexibility index (Phi) is 4.23. The summed E-state index contributed by atoms with van der Waals surface area (Å²) in [5, 5.41) is 6.65. The summed E-state index contributed by atoms with van der Waals surface area (Å²) in [6.07, 6.45) is 0. The summed E-state index contributed by atoms with van der Waals surface area (Å²) >= 11 is 0. The van der Waals surface area contributed by atoms with E-state index in [-0.39, 0.29) is 0 Å². The summed E-state index contributed by atoms with van der Waals surface area (Å²) < 4.78 is 15.1. The maximum Gasteiger partial charge on any atom is 0.147 e. The Labute approximate surface area is 228 Å². The van der Waals surface area contributed by atoms with Crippen LogP contribution in [0, 0.1) is 6.92 Å². The second-order valence-corrected chi connectivity index (χ2v) is 10.4. The zero-order chi connectivity index (χ0) is 26.4. The minimum Gasteiger partial charge on any atom is -0.455 e. The van der Waals surface area contributed by atoms with Gasteiger partial charge in [-0.3, -0.25) is 4.57 Å². The number of hydrogen-bond acceptors (Lipinski definition) is 3. The van der Waals surface area contributed by atoms with Gasteiger partial charge in [0, 0.05) is 27.4 Å². The molecule has 0 spiro atoms. The Morgan fingerprint density at radius 3 is 2.20 bits per heavy atom. The molecule has 0 amide bonds. The van der Waals surface area contributed by atoms with E-state index in [4.69, 9.17) is 13.8 Å². The van der Waals surface area contributed by atoms with Crippen molar-refractivity contribution in [2.45, 2.75) is 6.92 Å². The van der Waals surface area contributed by atoms with E-state index in [1.54, 1.807) is 0 Å². The molecule has 0 aliphatic heterocycles. The molecule has 0 N–H and O–H groups in total. The van der Waals surface area contributed by atoms with Crippen LogP contribution in [0.25, 0.3) is 82.5 Å². The number of aryl methyl sites for hydroxylation is 1. The lowest BCUT2D eigenvalue weighted by atomic mass is 9.96. The van der Waals surface area contributed by atoms with Crippen LogP contribution in [0.2, 0.25) is 0 Å². The van der Waals surface area contributed by atoms with Gasteiger partial charge in [0.25, 0.3) is 0 Å². The van der Waals surface area contributed by atoms with Crippen molar-refractivity contribution in [2.75, 3.05) is 0 Å². The first-order valence-corrected chi connectivity index (χ1v) is 13.5. The molecule has 6 aromatic carbocycles. The van der Waals surface area contributed by atoms with Gasteiger partial charge in [-0.1, -0.05) is 66.7 Å². The molecule has 0 aliphatic rings. The predicted octanol–water partition coefficient (Wildman–Crippen LogP) is 9.95. The fourth-order valence-electron chi connectivity index (χ4n) is 6.29. The van der Waals surface area contributed by atoms with Crippen LogP contribution in [0.1, 0.15) is 5.82 Å². The van der Waals surface area contributed by atoms with Crippen molar-refractivity contribution in [1.29, 1.82) is 0 Å². The Hall–Kier alpha value is -5.35. The Morgan fingerprint density at radius 1 is 0.600 bits per heavy atom. The van der Waals surface area contributed by atoms with E-state index in [1.165, 1.54) is 10.8 Å². The van der Waals surface area contributed by atoms with Gasteiger partial charge < -0.3 is 8.83 Å². The number of aromatic nitrogens is 2. The zero-order valence-electron chi connectivity index (χ0n) is 21.7. The van der Waals surface area contributed by atoms with Crippen LogP contribution in [-0.4, -0.2) is 9.55 Å². The second-order valence-electron chi connectivity index (χ2n) is 10.4. The number of fused-ring (bicyclic) bond motifs is 9. The third kappa shape index (κ3) is 2.93. The molecule has 3 heterocycles. The van der Waals surface area contributed by atoms with Crippen LogP contribution >= 0.6 is 0 Å². The van der Waals surface area contributed by atoms with Gasteiger partial charge in [0.05, 0.1) is 16.4 Å². The minimum atomic E-state index is 0.851. The highest BCUT2D eigenvalue weighted by atomic mass is 16.3. The first-order valence-electron chi connectivity index (χ1n) is 13.5. The maximum atomic E-state index is 6.51. The number of benzene rings is 6. The average Bonchev–Trinajstić information content (AvgIpc) is 3.66. The van der Waals surface area contributed by atoms with Crippen molar-refractivity contribution in [2.24, 2.45) is 0 Å². The molecule has 0 saturated heterocycles. The highest BCUT2D eigenvalue weighted by molar-refractivity contribution is 6.25. The topological polar surface area (TPSA) is 44.1 Å². The second kappa shape index (κ2) is 7.84. The first-order chi connectivity index (χ1) is 19.7. The molecule has 188 valence electrons. The summed E-state index contributed by atoms with van der Waals surface area (Å²) in [4.78, 5) is 4.76. The lowest BCUT2D eigenvalue weighted by molar-refractivity contribution is 0.663. The molecule has 9 aromatic rings. The van der Waals surface area contributed by atoms with Gasteiger partial charge >= 0.3 is 0 Å². The fourth-order valence-corrected chi connectivity index (χ4v) is 6.29. The van der Waals surface area contributed by atoms with Crippen LogP contribution in [0.15, 0.2) is 124 Å². The fraction of sp³-hybridized carbons (Fsp3) is 0.0278. The third-order valence-electron chi connectivity index (χ3n) is 8.11. The van der Waals surface area contributed by atoms with E-state index in [0.29, 0.717) is 0 Å². The van der Waals surface area contributed by atoms with E-state index < -0.39 is 0 Å². The molecule has 9 rings (SSSR count). The Morgan fingerprint density at radius 2 is 1.30 bits per heavy atom. The lowest BCUT2D eigenvalue weighted by Gasteiger charge is -2.10. The average molecular weight is 515 g/mol. The van der Waals surface area contributed by atoms with E-state index in [2.05, 4.69) is 96.4 Å². The van der Waals surface area contributed by atoms with Gasteiger partial charge in [0.1, 0.15) is 28.2 Å². The van der Waals surface area contributed by atoms with Crippen LogP contribution in [0.5, 0.6) is 0 Å². The number of imidazole rings is 1. The summed E-state index contributed by atoms with van der Waals surface area (Å²) in [5.74, 6) is 0.977. The van der Waals surface area contributed by atoms with Crippen molar-refractivity contribution in [3.05, 3.63) is 121 Å². The van der Waals surface area contributed by atoms with Crippen molar-refractivity contribution in [1.82, 2.24) is 9.55 Å². The van der Waals surface area contributed by atoms with Gasteiger partial charge in [-0.05, 0) is 71.8 Å². The Bertz CT molecular complexity index is 2460. The van der Waals surface area contributed by atoms with Gasteiger partial charge in [0.2, 0.25) is 0 Å². The molecular formula is C36H22N2O2. The third-order valence-corrected chi connectivity index (χ3v) is 8.11. The smallest absolute Gasteiger partial charge is 0.147 e. The van der Waals surface area contributed by atoms with Crippen molar-refractivity contribution in [3.8, 4) is 16.8 Å². The lowest BCUT2D eigenvalue weighted by Crippen LogP contribution is -1.96. The van der Waals surface area contributed by atoms with Crippen LogP contribution < -0.4 is 0 Å². The minimum absolute atomic E-state index is 0.851. The molecule has 0 saturated carbocycles. The normalized spacial score (nSPS) is 12.1. The largest absolute Gasteiger partial charge is 0.455 e. The van der Waals surface area contributed by atoms with Gasteiger partial charge in [-0.25, -0.2) is 4.98 Å². The van der Waals surface area contributed by atoms with Gasteiger partial charge in [-0.2, -0.15) is 0 Å². The molecule has 0 unspecified atom stereocenters. The van der Waals surface area contributed by atoms with Gasteiger partial charge in [-0.15, -0.1) is 0 Å². The summed E-state index contributed by atoms with van der Waals surface area (Å²) in [6, 6.07) is 40.2. The Balaban J connectivity index is 1.29. The molecule has 0 radical (unpaired) electrons. The highest BCUT2D eigenvalue weighted by Gasteiger charge is 2.20.